The largest absolute Gasteiger partial charge is 0.380 e. The van der Waals surface area contributed by atoms with Crippen molar-refractivity contribution < 1.29 is 4.79 Å². The summed E-state index contributed by atoms with van der Waals surface area (Å²) in [5.74, 6) is -0.158. The van der Waals surface area contributed by atoms with Gasteiger partial charge in [0.25, 0.3) is 5.91 Å². The number of rotatable bonds is 3. The molecule has 3 N–H and O–H groups in total. The summed E-state index contributed by atoms with van der Waals surface area (Å²) in [5, 5.41) is 9.19. The van der Waals surface area contributed by atoms with Crippen molar-refractivity contribution in [2.75, 3.05) is 25.5 Å². The molecule has 1 aromatic heterocycles. The number of hydrogen-bond donors (Lipinski definition) is 3. The maximum Gasteiger partial charge on any atom is 0.269 e. The van der Waals surface area contributed by atoms with Crippen LogP contribution in [-0.4, -0.2) is 37.1 Å². The monoisotopic (exact) mass is 256 g/mol. The summed E-state index contributed by atoms with van der Waals surface area (Å²) in [7, 11) is 1.60. The van der Waals surface area contributed by atoms with Gasteiger partial charge in [0.2, 0.25) is 0 Å². The Bertz CT molecular complexity index is 362. The second-order valence-electron chi connectivity index (χ2n) is 3.85. The van der Waals surface area contributed by atoms with Crippen LogP contribution >= 0.6 is 12.4 Å². The van der Waals surface area contributed by atoms with Gasteiger partial charge in [0, 0.05) is 19.6 Å². The van der Waals surface area contributed by atoms with E-state index in [4.69, 9.17) is 0 Å². The third kappa shape index (κ3) is 3.57. The molecule has 17 heavy (non-hydrogen) atoms. The average molecular weight is 257 g/mol. The van der Waals surface area contributed by atoms with Crippen molar-refractivity contribution in [3.05, 3.63) is 24.0 Å². The number of hydrogen-bond acceptors (Lipinski definition) is 4. The molecule has 2 rings (SSSR count). The molecule has 1 saturated heterocycles. The molecule has 0 spiro atoms. The van der Waals surface area contributed by atoms with E-state index in [0.717, 1.165) is 25.2 Å². The smallest absolute Gasteiger partial charge is 0.269 e. The molecule has 1 atom stereocenters. The molecule has 0 aromatic carbocycles. The van der Waals surface area contributed by atoms with Gasteiger partial charge in [0.05, 0.1) is 11.9 Å². The van der Waals surface area contributed by atoms with Gasteiger partial charge in [-0.25, -0.2) is 4.98 Å². The maximum absolute atomic E-state index is 11.3. The summed E-state index contributed by atoms with van der Waals surface area (Å²) in [6, 6.07) is 4.08. The van der Waals surface area contributed by atoms with Gasteiger partial charge in [-0.05, 0) is 25.1 Å². The highest BCUT2D eigenvalue weighted by Crippen LogP contribution is 2.10. The van der Waals surface area contributed by atoms with Crippen LogP contribution in [0.3, 0.4) is 0 Å². The molecule has 0 bridgehead atoms. The maximum atomic E-state index is 11.3. The number of nitrogens with one attached hydrogen (secondary N) is 3. The molecule has 0 saturated carbocycles. The molecule has 1 amide bonds. The van der Waals surface area contributed by atoms with Crippen molar-refractivity contribution >= 4 is 24.0 Å². The molecular formula is C11H17ClN4O. The van der Waals surface area contributed by atoms with Crippen LogP contribution in [-0.2, 0) is 0 Å². The van der Waals surface area contributed by atoms with Crippen molar-refractivity contribution in [1.82, 2.24) is 15.6 Å². The van der Waals surface area contributed by atoms with E-state index in [1.54, 1.807) is 19.3 Å². The van der Waals surface area contributed by atoms with Crippen molar-refractivity contribution in [3.8, 4) is 0 Å². The number of amides is 1. The standard InChI is InChI=1S/C11H16N4O.ClH/c1-12-11(16)10-3-2-8(7-14-10)15-9-4-5-13-6-9;/h2-3,7,9,13,15H,4-6H2,1H3,(H,12,16);1H. The van der Waals surface area contributed by atoms with Crippen LogP contribution in [0.25, 0.3) is 0 Å². The molecule has 1 aromatic rings. The third-order valence-electron chi connectivity index (χ3n) is 2.65. The Balaban J connectivity index is 0.00000144. The molecule has 0 aliphatic carbocycles. The number of carbonyl (C=O) groups is 1. The van der Waals surface area contributed by atoms with E-state index in [0.29, 0.717) is 11.7 Å². The first-order chi connectivity index (χ1) is 7.79. The molecule has 1 aliphatic heterocycles. The van der Waals surface area contributed by atoms with E-state index in [1.807, 2.05) is 6.07 Å². The minimum absolute atomic E-state index is 0. The Morgan fingerprint density at radius 2 is 2.35 bits per heavy atom. The third-order valence-corrected chi connectivity index (χ3v) is 2.65. The minimum atomic E-state index is -0.158. The van der Waals surface area contributed by atoms with Crippen molar-refractivity contribution in [3.63, 3.8) is 0 Å². The minimum Gasteiger partial charge on any atom is -0.380 e. The first-order valence-corrected chi connectivity index (χ1v) is 5.45. The SMILES string of the molecule is CNC(=O)c1ccc(NC2CCNC2)cn1.Cl. The lowest BCUT2D eigenvalue weighted by atomic mass is 10.2. The fourth-order valence-corrected chi connectivity index (χ4v) is 1.76. The van der Waals surface area contributed by atoms with Gasteiger partial charge >= 0.3 is 0 Å². The zero-order valence-electron chi connectivity index (χ0n) is 9.69. The predicted molar refractivity (Wildman–Crippen MR) is 69.8 cm³/mol. The lowest BCUT2D eigenvalue weighted by Gasteiger charge is -2.12. The van der Waals surface area contributed by atoms with Crippen LogP contribution in [0.4, 0.5) is 5.69 Å². The number of halogens is 1. The van der Waals surface area contributed by atoms with E-state index in [1.165, 1.54) is 0 Å². The van der Waals surface area contributed by atoms with E-state index in [2.05, 4.69) is 20.9 Å². The quantitative estimate of drug-likeness (QED) is 0.743. The molecule has 0 radical (unpaired) electrons. The van der Waals surface area contributed by atoms with E-state index >= 15 is 0 Å². The lowest BCUT2D eigenvalue weighted by Crippen LogP contribution is -2.22. The summed E-state index contributed by atoms with van der Waals surface area (Å²) in [5.41, 5.74) is 1.40. The molecule has 5 nitrogen and oxygen atoms in total. The number of aromatic nitrogens is 1. The topological polar surface area (TPSA) is 66.1 Å². The van der Waals surface area contributed by atoms with Crippen molar-refractivity contribution in [2.24, 2.45) is 0 Å². The Morgan fingerprint density at radius 1 is 1.53 bits per heavy atom. The number of carbonyl (C=O) groups excluding carboxylic acids is 1. The average Bonchev–Trinajstić information content (AvgIpc) is 2.82. The zero-order chi connectivity index (χ0) is 11.4. The highest BCUT2D eigenvalue weighted by atomic mass is 35.5. The number of nitrogens with zero attached hydrogens (tertiary/aromatic N) is 1. The summed E-state index contributed by atoms with van der Waals surface area (Å²) in [6.07, 6.45) is 2.82. The number of pyridine rings is 1. The molecule has 1 fully saturated rings. The molecule has 2 heterocycles. The van der Waals surface area contributed by atoms with Crippen LogP contribution in [0.5, 0.6) is 0 Å². The normalized spacial score (nSPS) is 18.3. The summed E-state index contributed by atoms with van der Waals surface area (Å²) in [4.78, 5) is 15.4. The van der Waals surface area contributed by atoms with E-state index in [9.17, 15) is 4.79 Å². The fraction of sp³-hybridized carbons (Fsp3) is 0.455. The zero-order valence-corrected chi connectivity index (χ0v) is 10.5. The first kappa shape index (κ1) is 13.7. The van der Waals surface area contributed by atoms with Crippen LogP contribution in [0.2, 0.25) is 0 Å². The van der Waals surface area contributed by atoms with Crippen LogP contribution in [0, 0.1) is 0 Å². The van der Waals surface area contributed by atoms with Crippen LogP contribution < -0.4 is 16.0 Å². The molecule has 94 valence electrons. The predicted octanol–water partition coefficient (Wildman–Crippen LogP) is 0.637. The number of anilines is 1. The van der Waals surface area contributed by atoms with Gasteiger partial charge in [-0.2, -0.15) is 0 Å². The van der Waals surface area contributed by atoms with Crippen LogP contribution in [0.15, 0.2) is 18.3 Å². The Morgan fingerprint density at radius 3 is 2.88 bits per heavy atom. The van der Waals surface area contributed by atoms with Gasteiger partial charge in [-0.1, -0.05) is 0 Å². The summed E-state index contributed by atoms with van der Waals surface area (Å²) >= 11 is 0. The van der Waals surface area contributed by atoms with Crippen molar-refractivity contribution in [1.29, 1.82) is 0 Å². The van der Waals surface area contributed by atoms with Gasteiger partial charge in [0.15, 0.2) is 0 Å². The van der Waals surface area contributed by atoms with E-state index < -0.39 is 0 Å². The van der Waals surface area contributed by atoms with Gasteiger partial charge in [-0.15, -0.1) is 12.4 Å². The highest BCUT2D eigenvalue weighted by molar-refractivity contribution is 5.92. The molecule has 1 aliphatic rings. The van der Waals surface area contributed by atoms with Gasteiger partial charge in [-0.3, -0.25) is 4.79 Å². The Hall–Kier alpha value is -1.33. The van der Waals surface area contributed by atoms with Crippen LogP contribution in [0.1, 0.15) is 16.9 Å². The fourth-order valence-electron chi connectivity index (χ4n) is 1.76. The Labute approximate surface area is 107 Å². The van der Waals surface area contributed by atoms with Crippen molar-refractivity contribution in [2.45, 2.75) is 12.5 Å². The summed E-state index contributed by atoms with van der Waals surface area (Å²) in [6.45, 7) is 2.04. The lowest BCUT2D eigenvalue weighted by molar-refractivity contribution is 0.0958. The van der Waals surface area contributed by atoms with Gasteiger partial charge < -0.3 is 16.0 Å². The van der Waals surface area contributed by atoms with Gasteiger partial charge in [0.1, 0.15) is 5.69 Å². The highest BCUT2D eigenvalue weighted by Gasteiger charge is 2.14. The van der Waals surface area contributed by atoms with E-state index in [-0.39, 0.29) is 18.3 Å². The molecule has 6 heteroatoms. The Kier molecular flexibility index (Phi) is 5.18. The molecular weight excluding hydrogens is 240 g/mol. The summed E-state index contributed by atoms with van der Waals surface area (Å²) < 4.78 is 0. The first-order valence-electron chi connectivity index (χ1n) is 5.45. The second kappa shape index (κ2) is 6.42. The second-order valence-corrected chi connectivity index (χ2v) is 3.85. The molecule has 1 unspecified atom stereocenters.